The van der Waals surface area contributed by atoms with Crippen LogP contribution in [-0.2, 0) is 16.6 Å². The molecular weight excluding hydrogens is 280 g/mol. The Bertz CT molecular complexity index is 582. The van der Waals surface area contributed by atoms with Crippen LogP contribution in [0.15, 0.2) is 36.0 Å². The molecule has 0 saturated carbocycles. The van der Waals surface area contributed by atoms with E-state index in [0.717, 1.165) is 10.4 Å². The normalized spacial score (nSPS) is 13.0. The zero-order chi connectivity index (χ0) is 15.5. The Balaban J connectivity index is 1.94. The summed E-state index contributed by atoms with van der Waals surface area (Å²) < 4.78 is 0. The van der Waals surface area contributed by atoms with E-state index in [1.165, 1.54) is 5.56 Å². The highest BCUT2D eigenvalue weighted by Crippen LogP contribution is 2.22. The zero-order valence-corrected chi connectivity index (χ0v) is 13.8. The second-order valence-corrected chi connectivity index (χ2v) is 7.23. The van der Waals surface area contributed by atoms with Gasteiger partial charge in [0.1, 0.15) is 0 Å². The van der Waals surface area contributed by atoms with E-state index in [2.05, 4.69) is 43.2 Å². The molecule has 0 fully saturated rings. The highest BCUT2D eigenvalue weighted by Gasteiger charge is 2.14. The summed E-state index contributed by atoms with van der Waals surface area (Å²) in [5.41, 5.74) is 4.24. The molecule has 1 heterocycles. The minimum Gasteiger partial charge on any atom is -0.348 e. The van der Waals surface area contributed by atoms with Gasteiger partial charge in [0.25, 0.3) is 0 Å². The number of rotatable bonds is 4. The van der Waals surface area contributed by atoms with Crippen molar-refractivity contribution in [3.8, 4) is 0 Å². The fourth-order valence-corrected chi connectivity index (χ4v) is 2.74. The van der Waals surface area contributed by atoms with Gasteiger partial charge in [0, 0.05) is 11.1 Å². The quantitative estimate of drug-likeness (QED) is 0.932. The molecule has 0 unspecified atom stereocenters. The molecule has 112 valence electrons. The largest absolute Gasteiger partial charge is 0.348 e. The fraction of sp³-hybridized carbons (Fsp3) is 0.412. The number of hydrogen-bond acceptors (Lipinski definition) is 3. The van der Waals surface area contributed by atoms with Crippen molar-refractivity contribution >= 4 is 17.2 Å². The van der Waals surface area contributed by atoms with E-state index in [9.17, 15) is 4.79 Å². The van der Waals surface area contributed by atoms with Crippen LogP contribution in [-0.4, -0.2) is 10.9 Å². The van der Waals surface area contributed by atoms with Crippen molar-refractivity contribution in [2.24, 2.45) is 0 Å². The summed E-state index contributed by atoms with van der Waals surface area (Å²) in [4.78, 5) is 17.2. The molecule has 1 aromatic heterocycles. The van der Waals surface area contributed by atoms with E-state index in [-0.39, 0.29) is 17.4 Å². The van der Waals surface area contributed by atoms with Gasteiger partial charge in [-0.1, -0.05) is 45.0 Å². The second kappa shape index (κ2) is 6.39. The zero-order valence-electron chi connectivity index (χ0n) is 13.0. The highest BCUT2D eigenvalue weighted by atomic mass is 32.1. The smallest absolute Gasteiger partial charge is 0.224 e. The number of carbonyl (C=O) groups is 1. The molecule has 0 bridgehead atoms. The molecule has 0 spiro atoms. The van der Waals surface area contributed by atoms with Crippen LogP contribution in [0.5, 0.6) is 0 Å². The molecular formula is C17H22N2OS. The minimum absolute atomic E-state index is 0.0128. The van der Waals surface area contributed by atoms with E-state index < -0.39 is 0 Å². The summed E-state index contributed by atoms with van der Waals surface area (Å²) in [6.07, 6.45) is 2.21. The Morgan fingerprint density at radius 1 is 1.29 bits per heavy atom. The number of amides is 1. The number of aromatic nitrogens is 1. The Morgan fingerprint density at radius 3 is 2.48 bits per heavy atom. The molecule has 1 atom stereocenters. The Hall–Kier alpha value is -1.68. The van der Waals surface area contributed by atoms with Gasteiger partial charge in [-0.2, -0.15) is 0 Å². The molecule has 21 heavy (non-hydrogen) atoms. The Labute approximate surface area is 130 Å². The van der Waals surface area contributed by atoms with Crippen molar-refractivity contribution in [1.29, 1.82) is 0 Å². The van der Waals surface area contributed by atoms with Gasteiger partial charge in [-0.05, 0) is 23.5 Å². The van der Waals surface area contributed by atoms with Crippen LogP contribution in [0, 0.1) is 0 Å². The fourth-order valence-electron chi connectivity index (χ4n) is 2.11. The maximum atomic E-state index is 12.1. The minimum atomic E-state index is 0.0128. The van der Waals surface area contributed by atoms with Gasteiger partial charge in [0.2, 0.25) is 5.91 Å². The lowest BCUT2D eigenvalue weighted by molar-refractivity contribution is -0.121. The van der Waals surface area contributed by atoms with Crippen molar-refractivity contribution in [3.63, 3.8) is 0 Å². The third-order valence-electron chi connectivity index (χ3n) is 3.44. The Morgan fingerprint density at radius 2 is 1.95 bits per heavy atom. The molecule has 3 nitrogen and oxygen atoms in total. The first-order valence-corrected chi connectivity index (χ1v) is 8.01. The summed E-state index contributed by atoms with van der Waals surface area (Å²) >= 11 is 1.56. The molecule has 0 saturated heterocycles. The van der Waals surface area contributed by atoms with Crippen molar-refractivity contribution in [2.75, 3.05) is 0 Å². The number of carbonyl (C=O) groups excluding carboxylic acids is 1. The standard InChI is InChI=1S/C17H22N2OS/c1-12(15-10-18-11-21-15)19-16(20)9-13-5-7-14(8-6-13)17(2,3)4/h5-8,10-12H,9H2,1-4H3,(H,19,20)/t12-/m1/s1. The Kier molecular flexibility index (Phi) is 4.78. The van der Waals surface area contributed by atoms with Crippen molar-refractivity contribution in [1.82, 2.24) is 10.3 Å². The van der Waals surface area contributed by atoms with Gasteiger partial charge < -0.3 is 5.32 Å². The molecule has 2 aromatic rings. The lowest BCUT2D eigenvalue weighted by Crippen LogP contribution is -2.27. The van der Waals surface area contributed by atoms with Crippen LogP contribution < -0.4 is 5.32 Å². The van der Waals surface area contributed by atoms with Crippen LogP contribution in [0.4, 0.5) is 0 Å². The number of hydrogen-bond donors (Lipinski definition) is 1. The van der Waals surface area contributed by atoms with E-state index in [1.807, 2.05) is 19.1 Å². The lowest BCUT2D eigenvalue weighted by atomic mass is 9.86. The monoisotopic (exact) mass is 302 g/mol. The first kappa shape index (κ1) is 15.7. The van der Waals surface area contributed by atoms with E-state index in [4.69, 9.17) is 0 Å². The van der Waals surface area contributed by atoms with E-state index in [1.54, 1.807) is 23.0 Å². The van der Waals surface area contributed by atoms with Gasteiger partial charge in [-0.3, -0.25) is 9.78 Å². The van der Waals surface area contributed by atoms with E-state index >= 15 is 0 Å². The molecule has 1 aromatic carbocycles. The molecule has 0 radical (unpaired) electrons. The predicted octanol–water partition coefficient (Wildman–Crippen LogP) is 3.86. The molecule has 1 N–H and O–H groups in total. The first-order chi connectivity index (χ1) is 9.86. The van der Waals surface area contributed by atoms with Gasteiger partial charge >= 0.3 is 0 Å². The molecule has 0 aliphatic carbocycles. The van der Waals surface area contributed by atoms with Gasteiger partial charge in [0.15, 0.2) is 0 Å². The molecule has 1 amide bonds. The third-order valence-corrected chi connectivity index (χ3v) is 4.40. The average molecular weight is 302 g/mol. The second-order valence-electron chi connectivity index (χ2n) is 6.32. The number of nitrogens with zero attached hydrogens (tertiary/aromatic N) is 1. The summed E-state index contributed by atoms with van der Waals surface area (Å²) in [5, 5.41) is 3.01. The number of benzene rings is 1. The highest BCUT2D eigenvalue weighted by molar-refractivity contribution is 7.09. The topological polar surface area (TPSA) is 42.0 Å². The summed E-state index contributed by atoms with van der Waals surface area (Å²) in [7, 11) is 0. The molecule has 0 aliphatic heterocycles. The maximum absolute atomic E-state index is 12.1. The summed E-state index contributed by atoms with van der Waals surface area (Å²) in [6, 6.07) is 8.30. The van der Waals surface area contributed by atoms with Crippen molar-refractivity contribution < 1.29 is 4.79 Å². The third kappa shape index (κ3) is 4.39. The van der Waals surface area contributed by atoms with Gasteiger partial charge in [0.05, 0.1) is 18.0 Å². The summed E-state index contributed by atoms with van der Waals surface area (Å²) in [5.74, 6) is 0.0411. The van der Waals surface area contributed by atoms with Gasteiger partial charge in [-0.15, -0.1) is 11.3 Å². The number of thiazole rings is 1. The molecule has 4 heteroatoms. The number of nitrogens with one attached hydrogen (secondary N) is 1. The predicted molar refractivity (Wildman–Crippen MR) is 87.5 cm³/mol. The van der Waals surface area contributed by atoms with Crippen LogP contribution in [0.3, 0.4) is 0 Å². The van der Waals surface area contributed by atoms with Crippen LogP contribution in [0.2, 0.25) is 0 Å². The van der Waals surface area contributed by atoms with E-state index in [0.29, 0.717) is 6.42 Å². The lowest BCUT2D eigenvalue weighted by Gasteiger charge is -2.19. The van der Waals surface area contributed by atoms with Crippen LogP contribution >= 0.6 is 11.3 Å². The SMILES string of the molecule is C[C@@H](NC(=O)Cc1ccc(C(C)(C)C)cc1)c1cncs1. The van der Waals surface area contributed by atoms with Crippen LogP contribution in [0.25, 0.3) is 0 Å². The van der Waals surface area contributed by atoms with Crippen molar-refractivity contribution in [3.05, 3.63) is 52.0 Å². The first-order valence-electron chi connectivity index (χ1n) is 7.13. The maximum Gasteiger partial charge on any atom is 0.224 e. The van der Waals surface area contributed by atoms with Crippen molar-refractivity contribution in [2.45, 2.75) is 45.6 Å². The van der Waals surface area contributed by atoms with Crippen LogP contribution in [0.1, 0.15) is 49.7 Å². The van der Waals surface area contributed by atoms with Gasteiger partial charge in [-0.25, -0.2) is 0 Å². The molecule has 2 rings (SSSR count). The average Bonchev–Trinajstić information content (AvgIpc) is 2.92. The summed E-state index contributed by atoms with van der Waals surface area (Å²) in [6.45, 7) is 8.54. The molecule has 0 aliphatic rings.